The van der Waals surface area contributed by atoms with E-state index in [1.807, 2.05) is 31.9 Å². The second-order valence-corrected chi connectivity index (χ2v) is 8.91. The van der Waals surface area contributed by atoms with E-state index in [1.54, 1.807) is 6.92 Å². The average Bonchev–Trinajstić information content (AvgIpc) is 2.62. The van der Waals surface area contributed by atoms with Gasteiger partial charge in [-0.3, -0.25) is 9.88 Å². The van der Waals surface area contributed by atoms with E-state index in [0.29, 0.717) is 6.54 Å². The van der Waals surface area contributed by atoms with E-state index in [1.165, 1.54) is 11.3 Å². The normalized spacial score (nSPS) is 15.5. The molecular formula is C24H41N3O3. The van der Waals surface area contributed by atoms with Gasteiger partial charge in [0.2, 0.25) is 0 Å². The van der Waals surface area contributed by atoms with Gasteiger partial charge in [-0.15, -0.1) is 0 Å². The Labute approximate surface area is 183 Å². The van der Waals surface area contributed by atoms with Crippen molar-refractivity contribution in [3.05, 3.63) is 23.5 Å². The van der Waals surface area contributed by atoms with Crippen LogP contribution in [0.4, 0.5) is 10.5 Å². The van der Waals surface area contributed by atoms with E-state index < -0.39 is 0 Å². The lowest BCUT2D eigenvalue weighted by molar-refractivity contribution is -0.117. The maximum absolute atomic E-state index is 12.4. The molecule has 0 bridgehead atoms. The Kier molecular flexibility index (Phi) is 10.3. The van der Waals surface area contributed by atoms with Crippen molar-refractivity contribution in [2.45, 2.75) is 92.7 Å². The number of rotatable bonds is 6. The topological polar surface area (TPSA) is 62.7 Å². The van der Waals surface area contributed by atoms with Gasteiger partial charge in [0.05, 0.1) is 11.6 Å². The number of aromatic nitrogens is 1. The predicted molar refractivity (Wildman–Crippen MR) is 123 cm³/mol. The zero-order valence-corrected chi connectivity index (χ0v) is 20.2. The molecule has 0 unspecified atom stereocenters. The quantitative estimate of drug-likeness (QED) is 0.637. The fraction of sp³-hybridized carbons (Fsp3) is 0.708. The number of ether oxygens (including phenoxy) is 1. The number of piperazine rings is 1. The van der Waals surface area contributed by atoms with Gasteiger partial charge in [-0.1, -0.05) is 20.3 Å². The molecule has 6 heteroatoms. The third-order valence-electron chi connectivity index (χ3n) is 5.15. The van der Waals surface area contributed by atoms with Crippen LogP contribution < -0.4 is 4.90 Å². The van der Waals surface area contributed by atoms with E-state index in [-0.39, 0.29) is 23.5 Å². The first-order chi connectivity index (χ1) is 14.0. The Balaban J connectivity index is 0.000000656. The van der Waals surface area contributed by atoms with E-state index in [9.17, 15) is 9.59 Å². The summed E-state index contributed by atoms with van der Waals surface area (Å²) in [6, 6.07) is 2.11. The Hall–Kier alpha value is -2.11. The minimum absolute atomic E-state index is 0.0923. The van der Waals surface area contributed by atoms with Gasteiger partial charge in [0, 0.05) is 43.6 Å². The second-order valence-electron chi connectivity index (χ2n) is 8.91. The molecule has 2 heterocycles. The van der Waals surface area contributed by atoms with Crippen LogP contribution in [0.3, 0.4) is 0 Å². The van der Waals surface area contributed by atoms with E-state index >= 15 is 0 Å². The summed E-state index contributed by atoms with van der Waals surface area (Å²) in [7, 11) is 0. The first-order valence-corrected chi connectivity index (χ1v) is 11.2. The van der Waals surface area contributed by atoms with Crippen LogP contribution in [0.15, 0.2) is 12.3 Å². The van der Waals surface area contributed by atoms with Crippen LogP contribution >= 0.6 is 0 Å². The van der Waals surface area contributed by atoms with Crippen LogP contribution in [0.25, 0.3) is 0 Å². The van der Waals surface area contributed by atoms with Gasteiger partial charge in [0.1, 0.15) is 5.78 Å². The van der Waals surface area contributed by atoms with Gasteiger partial charge in [-0.2, -0.15) is 0 Å². The van der Waals surface area contributed by atoms with Gasteiger partial charge in [0.25, 0.3) is 0 Å². The highest BCUT2D eigenvalue weighted by atomic mass is 16.6. The first-order valence-electron chi connectivity index (χ1n) is 11.2. The highest BCUT2D eigenvalue weighted by molar-refractivity contribution is 5.75. The van der Waals surface area contributed by atoms with Gasteiger partial charge < -0.3 is 14.4 Å². The maximum atomic E-state index is 12.4. The van der Waals surface area contributed by atoms with E-state index in [2.05, 4.69) is 43.6 Å². The number of nitrogens with zero attached hydrogens (tertiary/aromatic N) is 3. The number of Topliss-reactive ketones (excluding diaryl/α,β-unsaturated/α-hetero) is 1. The minimum Gasteiger partial charge on any atom is -0.447 e. The Morgan fingerprint density at radius 1 is 1.20 bits per heavy atom. The highest BCUT2D eigenvalue weighted by Crippen LogP contribution is 2.30. The Bertz CT molecular complexity index is 701. The largest absolute Gasteiger partial charge is 0.447 e. The van der Waals surface area contributed by atoms with Crippen LogP contribution in [-0.2, 0) is 16.0 Å². The SMILES string of the molecule is CCCC(C)=O.CCCc1c(N2CCN(C(=O)OC(C)C)C(C)(C)C2)ccnc1C. The number of ketones is 1. The molecule has 1 aromatic rings. The summed E-state index contributed by atoms with van der Waals surface area (Å²) in [5.74, 6) is 0.289. The number of pyridine rings is 1. The molecule has 1 fully saturated rings. The molecule has 0 N–H and O–H groups in total. The lowest BCUT2D eigenvalue weighted by atomic mass is 9.97. The summed E-state index contributed by atoms with van der Waals surface area (Å²) in [6.45, 7) is 18.2. The Morgan fingerprint density at radius 3 is 2.33 bits per heavy atom. The molecule has 2 rings (SSSR count). The van der Waals surface area contributed by atoms with Crippen molar-refractivity contribution in [1.29, 1.82) is 0 Å². The van der Waals surface area contributed by atoms with Crippen molar-refractivity contribution in [3.63, 3.8) is 0 Å². The van der Waals surface area contributed by atoms with Crippen molar-refractivity contribution in [2.75, 3.05) is 24.5 Å². The van der Waals surface area contributed by atoms with Crippen LogP contribution in [-0.4, -0.2) is 53.0 Å². The van der Waals surface area contributed by atoms with Crippen molar-refractivity contribution >= 4 is 17.6 Å². The molecule has 1 saturated heterocycles. The molecule has 30 heavy (non-hydrogen) atoms. The molecule has 1 aliphatic rings. The molecule has 1 aromatic heterocycles. The molecule has 1 amide bonds. The average molecular weight is 420 g/mol. The van der Waals surface area contributed by atoms with E-state index in [0.717, 1.165) is 44.5 Å². The minimum atomic E-state index is -0.273. The number of aryl methyl sites for hydroxylation is 1. The maximum Gasteiger partial charge on any atom is 0.410 e. The summed E-state index contributed by atoms with van der Waals surface area (Å²) >= 11 is 0. The molecule has 170 valence electrons. The molecule has 0 aromatic carbocycles. The zero-order chi connectivity index (χ0) is 22.9. The predicted octanol–water partition coefficient (Wildman–Crippen LogP) is 5.16. The number of amides is 1. The van der Waals surface area contributed by atoms with Crippen molar-refractivity contribution in [1.82, 2.24) is 9.88 Å². The third-order valence-corrected chi connectivity index (χ3v) is 5.15. The summed E-state index contributed by atoms with van der Waals surface area (Å²) in [4.78, 5) is 31.1. The number of anilines is 1. The molecule has 0 radical (unpaired) electrons. The van der Waals surface area contributed by atoms with Crippen molar-refractivity contribution in [3.8, 4) is 0 Å². The summed E-state index contributed by atoms with van der Waals surface area (Å²) in [5, 5.41) is 0. The lowest BCUT2D eigenvalue weighted by Gasteiger charge is -2.47. The van der Waals surface area contributed by atoms with Gasteiger partial charge in [0.15, 0.2) is 0 Å². The fourth-order valence-electron chi connectivity index (χ4n) is 3.75. The Morgan fingerprint density at radius 2 is 1.87 bits per heavy atom. The number of carbonyl (C=O) groups excluding carboxylic acids is 2. The van der Waals surface area contributed by atoms with Crippen LogP contribution in [0.1, 0.15) is 79.0 Å². The molecule has 1 aliphatic heterocycles. The number of hydrogen-bond acceptors (Lipinski definition) is 5. The van der Waals surface area contributed by atoms with Crippen LogP contribution in [0, 0.1) is 6.92 Å². The van der Waals surface area contributed by atoms with Gasteiger partial charge >= 0.3 is 6.09 Å². The lowest BCUT2D eigenvalue weighted by Crippen LogP contribution is -2.61. The first kappa shape index (κ1) is 25.9. The standard InChI is InChI=1S/C19H31N3O2.C5H10O/c1-7-8-16-15(4)20-10-9-17(16)21-11-12-22(19(5,6)13-21)18(23)24-14(2)3;1-3-4-5(2)6/h9-10,14H,7-8,11-13H2,1-6H3;3-4H2,1-2H3. The van der Waals surface area contributed by atoms with Crippen LogP contribution in [0.5, 0.6) is 0 Å². The zero-order valence-electron chi connectivity index (χ0n) is 20.2. The van der Waals surface area contributed by atoms with Crippen molar-refractivity contribution in [2.24, 2.45) is 0 Å². The molecule has 0 aliphatic carbocycles. The van der Waals surface area contributed by atoms with Crippen molar-refractivity contribution < 1.29 is 14.3 Å². The summed E-state index contributed by atoms with van der Waals surface area (Å²) in [6.07, 6.45) is 5.43. The third kappa shape index (κ3) is 7.62. The molecular weight excluding hydrogens is 378 g/mol. The second kappa shape index (κ2) is 11.9. The monoisotopic (exact) mass is 419 g/mol. The fourth-order valence-corrected chi connectivity index (χ4v) is 3.75. The van der Waals surface area contributed by atoms with Gasteiger partial charge in [-0.05, 0) is 66.0 Å². The molecule has 0 atom stereocenters. The van der Waals surface area contributed by atoms with Gasteiger partial charge in [-0.25, -0.2) is 4.79 Å². The summed E-state index contributed by atoms with van der Waals surface area (Å²) < 4.78 is 5.41. The summed E-state index contributed by atoms with van der Waals surface area (Å²) in [5.41, 5.74) is 3.42. The highest BCUT2D eigenvalue weighted by Gasteiger charge is 2.38. The number of carbonyl (C=O) groups is 2. The molecule has 0 spiro atoms. The number of hydrogen-bond donors (Lipinski definition) is 0. The smallest absolute Gasteiger partial charge is 0.410 e. The van der Waals surface area contributed by atoms with Crippen LogP contribution in [0.2, 0.25) is 0 Å². The molecule has 0 saturated carbocycles. The van der Waals surface area contributed by atoms with E-state index in [4.69, 9.17) is 4.74 Å². The molecule has 6 nitrogen and oxygen atoms in total.